The fraction of sp³-hybridized carbons (Fsp3) is 0.909. The van der Waals surface area contributed by atoms with Gasteiger partial charge in [-0.3, -0.25) is 4.79 Å². The zero-order valence-electron chi connectivity index (χ0n) is 9.61. The predicted octanol–water partition coefficient (Wildman–Crippen LogP) is -0.635. The number of hydrogen-bond acceptors (Lipinski definition) is 4. The van der Waals surface area contributed by atoms with Crippen LogP contribution < -0.4 is 11.1 Å². The molecular formula is C11H22N2O3. The quantitative estimate of drug-likeness (QED) is 0.505. The summed E-state index contributed by atoms with van der Waals surface area (Å²) in [5.74, 6) is -0.0813. The van der Waals surface area contributed by atoms with Crippen molar-refractivity contribution in [3.63, 3.8) is 0 Å². The number of nitrogens with two attached hydrogens (primary N) is 1. The summed E-state index contributed by atoms with van der Waals surface area (Å²) in [6, 6.07) is 0. The van der Waals surface area contributed by atoms with Crippen molar-refractivity contribution in [1.82, 2.24) is 5.32 Å². The lowest BCUT2D eigenvalue weighted by molar-refractivity contribution is -0.133. The summed E-state index contributed by atoms with van der Waals surface area (Å²) in [5.41, 5.74) is 5.25. The van der Waals surface area contributed by atoms with E-state index in [-0.39, 0.29) is 19.1 Å². The van der Waals surface area contributed by atoms with Gasteiger partial charge in [-0.05, 0) is 12.8 Å². The summed E-state index contributed by atoms with van der Waals surface area (Å²) >= 11 is 0. The predicted molar refractivity (Wildman–Crippen MR) is 60.7 cm³/mol. The van der Waals surface area contributed by atoms with E-state index in [0.29, 0.717) is 6.54 Å². The van der Waals surface area contributed by atoms with Crippen LogP contribution in [0.1, 0.15) is 32.1 Å². The smallest absolute Gasteiger partial charge is 0.227 e. The molecule has 0 spiro atoms. The lowest BCUT2D eigenvalue weighted by atomic mass is 9.73. The molecule has 1 atom stereocenters. The summed E-state index contributed by atoms with van der Waals surface area (Å²) in [7, 11) is 0. The Hall–Kier alpha value is -0.650. The minimum Gasteiger partial charge on any atom is -0.394 e. The standard InChI is InChI=1S/C11H22N2O3/c12-8-11(4-2-1-3-5-11)10(16)13-6-9(15)7-14/h9,14-15H,1-8,12H2,(H,13,16). The number of carbonyl (C=O) groups is 1. The molecule has 0 aromatic heterocycles. The molecule has 1 amide bonds. The van der Waals surface area contributed by atoms with E-state index in [0.717, 1.165) is 32.1 Å². The first-order valence-corrected chi connectivity index (χ1v) is 5.92. The van der Waals surface area contributed by atoms with Gasteiger partial charge in [-0.2, -0.15) is 0 Å². The Kier molecular flexibility index (Phi) is 5.18. The molecule has 1 aliphatic rings. The minimum atomic E-state index is -0.887. The van der Waals surface area contributed by atoms with Gasteiger partial charge in [0.1, 0.15) is 0 Å². The van der Waals surface area contributed by atoms with Gasteiger partial charge in [-0.25, -0.2) is 0 Å². The Morgan fingerprint density at radius 2 is 2.00 bits per heavy atom. The molecule has 1 saturated carbocycles. The summed E-state index contributed by atoms with van der Waals surface area (Å²) < 4.78 is 0. The molecule has 1 unspecified atom stereocenters. The summed E-state index contributed by atoms with van der Waals surface area (Å²) in [6.07, 6.45) is 3.99. The Bertz CT molecular complexity index is 227. The van der Waals surface area contributed by atoms with Crippen LogP contribution in [0.4, 0.5) is 0 Å². The second-order valence-corrected chi connectivity index (χ2v) is 4.59. The zero-order valence-corrected chi connectivity index (χ0v) is 9.61. The average molecular weight is 230 g/mol. The second-order valence-electron chi connectivity index (χ2n) is 4.59. The van der Waals surface area contributed by atoms with E-state index in [4.69, 9.17) is 15.9 Å². The van der Waals surface area contributed by atoms with Gasteiger partial charge in [0.2, 0.25) is 5.91 Å². The Morgan fingerprint density at radius 3 is 2.50 bits per heavy atom. The van der Waals surface area contributed by atoms with Gasteiger partial charge in [-0.1, -0.05) is 19.3 Å². The normalized spacial score (nSPS) is 21.4. The number of carbonyl (C=O) groups excluding carboxylic acids is 1. The summed E-state index contributed by atoms with van der Waals surface area (Å²) in [4.78, 5) is 12.0. The van der Waals surface area contributed by atoms with Gasteiger partial charge < -0.3 is 21.3 Å². The first-order chi connectivity index (χ1) is 7.64. The third-order valence-corrected chi connectivity index (χ3v) is 3.39. The Balaban J connectivity index is 2.48. The maximum absolute atomic E-state index is 12.0. The molecule has 0 bridgehead atoms. The van der Waals surface area contributed by atoms with E-state index in [9.17, 15) is 4.79 Å². The highest BCUT2D eigenvalue weighted by atomic mass is 16.3. The number of amides is 1. The van der Waals surface area contributed by atoms with Crippen molar-refractivity contribution in [3.8, 4) is 0 Å². The van der Waals surface area contributed by atoms with Crippen molar-refractivity contribution in [2.45, 2.75) is 38.2 Å². The molecule has 0 aliphatic heterocycles. The minimum absolute atomic E-state index is 0.0813. The molecule has 5 N–H and O–H groups in total. The van der Waals surface area contributed by atoms with Crippen LogP contribution in [0.5, 0.6) is 0 Å². The van der Waals surface area contributed by atoms with Gasteiger partial charge in [0, 0.05) is 13.1 Å². The van der Waals surface area contributed by atoms with Crippen molar-refractivity contribution in [3.05, 3.63) is 0 Å². The van der Waals surface area contributed by atoms with Crippen LogP contribution in [0.25, 0.3) is 0 Å². The lowest BCUT2D eigenvalue weighted by Gasteiger charge is -2.34. The van der Waals surface area contributed by atoms with Crippen LogP contribution in [-0.2, 0) is 4.79 Å². The zero-order chi connectivity index (χ0) is 12.0. The van der Waals surface area contributed by atoms with E-state index in [2.05, 4.69) is 5.32 Å². The highest BCUT2D eigenvalue weighted by Crippen LogP contribution is 2.35. The monoisotopic (exact) mass is 230 g/mol. The number of hydrogen-bond donors (Lipinski definition) is 4. The third kappa shape index (κ3) is 3.17. The van der Waals surface area contributed by atoms with E-state index in [1.54, 1.807) is 0 Å². The van der Waals surface area contributed by atoms with Crippen molar-refractivity contribution in [2.24, 2.45) is 11.1 Å². The Labute approximate surface area is 96.0 Å². The maximum atomic E-state index is 12.0. The topological polar surface area (TPSA) is 95.6 Å². The fourth-order valence-electron chi connectivity index (χ4n) is 2.21. The van der Waals surface area contributed by atoms with Crippen LogP contribution in [0.15, 0.2) is 0 Å². The molecule has 0 aromatic carbocycles. The molecule has 5 nitrogen and oxygen atoms in total. The number of rotatable bonds is 5. The summed E-state index contributed by atoms with van der Waals surface area (Å²) in [5, 5.41) is 20.5. The molecule has 0 radical (unpaired) electrons. The summed E-state index contributed by atoms with van der Waals surface area (Å²) in [6.45, 7) is 0.112. The average Bonchev–Trinajstić information content (AvgIpc) is 2.36. The molecule has 16 heavy (non-hydrogen) atoms. The van der Waals surface area contributed by atoms with Crippen LogP contribution in [0.3, 0.4) is 0 Å². The van der Waals surface area contributed by atoms with Crippen molar-refractivity contribution >= 4 is 5.91 Å². The second kappa shape index (κ2) is 6.18. The van der Waals surface area contributed by atoms with Gasteiger partial charge in [-0.15, -0.1) is 0 Å². The van der Waals surface area contributed by atoms with Gasteiger partial charge in [0.05, 0.1) is 18.1 Å². The fourth-order valence-corrected chi connectivity index (χ4v) is 2.21. The highest BCUT2D eigenvalue weighted by Gasteiger charge is 2.37. The lowest BCUT2D eigenvalue weighted by Crippen LogP contribution is -2.49. The van der Waals surface area contributed by atoms with E-state index in [1.807, 2.05) is 0 Å². The Morgan fingerprint density at radius 1 is 1.38 bits per heavy atom. The van der Waals surface area contributed by atoms with E-state index < -0.39 is 11.5 Å². The first kappa shape index (κ1) is 13.4. The number of aliphatic hydroxyl groups is 2. The van der Waals surface area contributed by atoms with E-state index in [1.165, 1.54) is 0 Å². The molecule has 0 aromatic rings. The molecule has 94 valence electrons. The van der Waals surface area contributed by atoms with Crippen molar-refractivity contribution in [2.75, 3.05) is 19.7 Å². The highest BCUT2D eigenvalue weighted by molar-refractivity contribution is 5.83. The van der Waals surface area contributed by atoms with Crippen LogP contribution in [0.2, 0.25) is 0 Å². The molecular weight excluding hydrogens is 208 g/mol. The van der Waals surface area contributed by atoms with Gasteiger partial charge >= 0.3 is 0 Å². The van der Waals surface area contributed by atoms with Crippen molar-refractivity contribution in [1.29, 1.82) is 0 Å². The number of nitrogens with one attached hydrogen (secondary N) is 1. The van der Waals surface area contributed by atoms with Crippen LogP contribution >= 0.6 is 0 Å². The first-order valence-electron chi connectivity index (χ1n) is 5.92. The largest absolute Gasteiger partial charge is 0.394 e. The van der Waals surface area contributed by atoms with Gasteiger partial charge in [0.15, 0.2) is 0 Å². The van der Waals surface area contributed by atoms with Crippen molar-refractivity contribution < 1.29 is 15.0 Å². The molecule has 5 heteroatoms. The molecule has 1 fully saturated rings. The molecule has 1 aliphatic carbocycles. The number of aliphatic hydroxyl groups excluding tert-OH is 2. The molecule has 0 saturated heterocycles. The third-order valence-electron chi connectivity index (χ3n) is 3.39. The molecule has 1 rings (SSSR count). The van der Waals surface area contributed by atoms with Gasteiger partial charge in [0.25, 0.3) is 0 Å². The van der Waals surface area contributed by atoms with Crippen LogP contribution in [-0.4, -0.2) is 41.9 Å². The molecule has 0 heterocycles. The van der Waals surface area contributed by atoms with Crippen LogP contribution in [0, 0.1) is 5.41 Å². The van der Waals surface area contributed by atoms with E-state index >= 15 is 0 Å². The SMILES string of the molecule is NCC1(C(=O)NCC(O)CO)CCCCC1. The maximum Gasteiger partial charge on any atom is 0.227 e.